The first kappa shape index (κ1) is 21.4. The van der Waals surface area contributed by atoms with Crippen LogP contribution >= 0.6 is 0 Å². The highest BCUT2D eigenvalue weighted by atomic mass is 16.5. The van der Waals surface area contributed by atoms with E-state index in [4.69, 9.17) is 14.2 Å². The van der Waals surface area contributed by atoms with E-state index in [2.05, 4.69) is 0 Å². The van der Waals surface area contributed by atoms with Gasteiger partial charge in [0.1, 0.15) is 5.75 Å². The Balaban J connectivity index is 1.60. The minimum absolute atomic E-state index is 0.00110. The lowest BCUT2D eigenvalue weighted by Gasteiger charge is -2.15. The number of nitrogens with zero attached hydrogens (tertiary/aromatic N) is 1. The highest BCUT2D eigenvalue weighted by Gasteiger charge is 2.18. The summed E-state index contributed by atoms with van der Waals surface area (Å²) in [7, 11) is 1.57. The second-order valence-corrected chi connectivity index (χ2v) is 6.91. The molecule has 158 valence electrons. The van der Waals surface area contributed by atoms with Gasteiger partial charge in [-0.3, -0.25) is 9.59 Å². The highest BCUT2D eigenvalue weighted by Crippen LogP contribution is 2.32. The number of carbonyl (C=O) groups is 2. The Labute approximate surface area is 177 Å². The maximum absolute atomic E-state index is 12.5. The summed E-state index contributed by atoms with van der Waals surface area (Å²) in [6.07, 6.45) is 5.32. The SMILES string of the molecule is CCOc1cccc(/C=C/C(=O)c2ccc(OCC(=O)N3CCCC3)cc2)c1OC. The number of ether oxygens (including phenoxy) is 3. The number of likely N-dealkylation sites (tertiary alicyclic amines) is 1. The number of rotatable bonds is 9. The minimum Gasteiger partial charge on any atom is -0.492 e. The van der Waals surface area contributed by atoms with Crippen LogP contribution in [0, 0.1) is 0 Å². The van der Waals surface area contributed by atoms with Crippen molar-refractivity contribution in [3.63, 3.8) is 0 Å². The van der Waals surface area contributed by atoms with Gasteiger partial charge >= 0.3 is 0 Å². The van der Waals surface area contributed by atoms with Gasteiger partial charge in [0.25, 0.3) is 5.91 Å². The minimum atomic E-state index is -0.140. The highest BCUT2D eigenvalue weighted by molar-refractivity contribution is 6.07. The van der Waals surface area contributed by atoms with Gasteiger partial charge in [-0.25, -0.2) is 0 Å². The first-order valence-corrected chi connectivity index (χ1v) is 10.1. The van der Waals surface area contributed by atoms with Crippen molar-refractivity contribution in [3.8, 4) is 17.2 Å². The van der Waals surface area contributed by atoms with E-state index < -0.39 is 0 Å². The molecule has 1 amide bonds. The van der Waals surface area contributed by atoms with Gasteiger partial charge in [-0.2, -0.15) is 0 Å². The normalized spacial score (nSPS) is 13.5. The number of amides is 1. The molecular formula is C24H27NO5. The van der Waals surface area contributed by atoms with Gasteiger partial charge in [0.05, 0.1) is 13.7 Å². The van der Waals surface area contributed by atoms with Crippen LogP contribution in [0.5, 0.6) is 17.2 Å². The van der Waals surface area contributed by atoms with E-state index in [9.17, 15) is 9.59 Å². The lowest BCUT2D eigenvalue weighted by molar-refractivity contribution is -0.132. The zero-order valence-corrected chi connectivity index (χ0v) is 17.4. The third-order valence-electron chi connectivity index (χ3n) is 4.89. The standard InChI is InChI=1S/C24H27NO5/c1-3-29-22-8-6-7-19(24(22)28-2)11-14-21(26)18-9-12-20(13-10-18)30-17-23(27)25-15-4-5-16-25/h6-14H,3-5,15-17H2,1-2H3/b14-11+. The number of carbonyl (C=O) groups excluding carboxylic acids is 2. The molecule has 1 heterocycles. The van der Waals surface area contributed by atoms with Crippen molar-refractivity contribution in [1.82, 2.24) is 4.90 Å². The summed E-state index contributed by atoms with van der Waals surface area (Å²) in [5.74, 6) is 1.65. The molecule has 3 rings (SSSR count). The Kier molecular flexibility index (Phi) is 7.49. The van der Waals surface area contributed by atoms with Gasteiger partial charge in [0.15, 0.2) is 23.9 Å². The van der Waals surface area contributed by atoms with Crippen molar-refractivity contribution in [3.05, 3.63) is 59.7 Å². The molecule has 6 nitrogen and oxygen atoms in total. The van der Waals surface area contributed by atoms with Crippen LogP contribution in [0.4, 0.5) is 0 Å². The quantitative estimate of drug-likeness (QED) is 0.463. The van der Waals surface area contributed by atoms with Gasteiger partial charge in [-0.1, -0.05) is 12.1 Å². The molecule has 0 saturated carbocycles. The molecule has 0 spiro atoms. The molecule has 1 aliphatic rings. The number of allylic oxidation sites excluding steroid dienone is 1. The zero-order valence-electron chi connectivity index (χ0n) is 17.4. The first-order chi connectivity index (χ1) is 14.6. The van der Waals surface area contributed by atoms with Gasteiger partial charge in [0, 0.05) is 24.2 Å². The maximum Gasteiger partial charge on any atom is 0.260 e. The van der Waals surface area contributed by atoms with Crippen LogP contribution in [0.2, 0.25) is 0 Å². The topological polar surface area (TPSA) is 65.1 Å². The van der Waals surface area contributed by atoms with Gasteiger partial charge < -0.3 is 19.1 Å². The summed E-state index contributed by atoms with van der Waals surface area (Å²) in [5, 5.41) is 0. The molecule has 0 bridgehead atoms. The summed E-state index contributed by atoms with van der Waals surface area (Å²) < 4.78 is 16.6. The lowest BCUT2D eigenvalue weighted by atomic mass is 10.1. The molecule has 1 saturated heterocycles. The third kappa shape index (κ3) is 5.41. The van der Waals surface area contributed by atoms with Gasteiger partial charge in [0.2, 0.25) is 0 Å². The molecule has 2 aromatic rings. The van der Waals surface area contributed by atoms with Crippen LogP contribution in [0.1, 0.15) is 35.7 Å². The lowest BCUT2D eigenvalue weighted by Crippen LogP contribution is -2.32. The molecule has 2 aromatic carbocycles. The monoisotopic (exact) mass is 409 g/mol. The zero-order chi connectivity index (χ0) is 21.3. The van der Waals surface area contributed by atoms with Crippen molar-refractivity contribution in [2.75, 3.05) is 33.4 Å². The summed E-state index contributed by atoms with van der Waals surface area (Å²) in [5.41, 5.74) is 1.29. The van der Waals surface area contributed by atoms with Crippen molar-refractivity contribution >= 4 is 17.8 Å². The molecular weight excluding hydrogens is 382 g/mol. The Morgan fingerprint density at radius 1 is 1.03 bits per heavy atom. The molecule has 0 unspecified atom stereocenters. The Morgan fingerprint density at radius 2 is 1.77 bits per heavy atom. The van der Waals surface area contributed by atoms with Gasteiger partial charge in [-0.15, -0.1) is 0 Å². The first-order valence-electron chi connectivity index (χ1n) is 10.1. The number of para-hydroxylation sites is 1. The van der Waals surface area contributed by atoms with E-state index >= 15 is 0 Å². The smallest absolute Gasteiger partial charge is 0.260 e. The van der Waals surface area contributed by atoms with E-state index in [0.29, 0.717) is 29.4 Å². The van der Waals surface area contributed by atoms with Crippen LogP contribution in [0.25, 0.3) is 6.08 Å². The Hall–Kier alpha value is -3.28. The maximum atomic E-state index is 12.5. The summed E-state index contributed by atoms with van der Waals surface area (Å²) in [6, 6.07) is 12.3. The van der Waals surface area contributed by atoms with Crippen LogP contribution in [-0.2, 0) is 4.79 Å². The number of hydrogen-bond acceptors (Lipinski definition) is 5. The van der Waals surface area contributed by atoms with Crippen LogP contribution in [0.3, 0.4) is 0 Å². The molecule has 0 N–H and O–H groups in total. The van der Waals surface area contributed by atoms with Crippen molar-refractivity contribution in [1.29, 1.82) is 0 Å². The molecule has 1 fully saturated rings. The average molecular weight is 409 g/mol. The van der Waals surface area contributed by atoms with E-state index in [1.807, 2.05) is 30.0 Å². The molecule has 6 heteroatoms. The predicted octanol–water partition coefficient (Wildman–Crippen LogP) is 3.99. The number of benzene rings is 2. The average Bonchev–Trinajstić information content (AvgIpc) is 3.31. The predicted molar refractivity (Wildman–Crippen MR) is 115 cm³/mol. The molecule has 0 radical (unpaired) electrons. The fourth-order valence-electron chi connectivity index (χ4n) is 3.33. The third-order valence-corrected chi connectivity index (χ3v) is 4.89. The molecule has 0 aromatic heterocycles. The van der Waals surface area contributed by atoms with E-state index in [-0.39, 0.29) is 18.3 Å². The number of hydrogen-bond donors (Lipinski definition) is 0. The second-order valence-electron chi connectivity index (χ2n) is 6.91. The van der Waals surface area contributed by atoms with E-state index in [1.165, 1.54) is 6.08 Å². The second kappa shape index (κ2) is 10.5. The largest absolute Gasteiger partial charge is 0.492 e. The van der Waals surface area contributed by atoms with E-state index in [1.54, 1.807) is 37.5 Å². The van der Waals surface area contributed by atoms with E-state index in [0.717, 1.165) is 31.5 Å². The summed E-state index contributed by atoms with van der Waals surface area (Å²) in [4.78, 5) is 26.4. The molecule has 30 heavy (non-hydrogen) atoms. The molecule has 0 atom stereocenters. The Bertz CT molecular complexity index is 898. The molecule has 1 aliphatic heterocycles. The fourth-order valence-corrected chi connectivity index (χ4v) is 3.33. The van der Waals surface area contributed by atoms with Crippen LogP contribution in [-0.4, -0.2) is 50.0 Å². The summed E-state index contributed by atoms with van der Waals surface area (Å²) >= 11 is 0. The van der Waals surface area contributed by atoms with Crippen molar-refractivity contribution in [2.45, 2.75) is 19.8 Å². The van der Waals surface area contributed by atoms with Crippen LogP contribution < -0.4 is 14.2 Å². The fraction of sp³-hybridized carbons (Fsp3) is 0.333. The number of methoxy groups -OCH3 is 1. The Morgan fingerprint density at radius 3 is 2.43 bits per heavy atom. The van der Waals surface area contributed by atoms with Gasteiger partial charge in [-0.05, 0) is 62.2 Å². The van der Waals surface area contributed by atoms with Crippen molar-refractivity contribution < 1.29 is 23.8 Å². The summed E-state index contributed by atoms with van der Waals surface area (Å²) in [6.45, 7) is 4.06. The van der Waals surface area contributed by atoms with Crippen LogP contribution in [0.15, 0.2) is 48.5 Å². The molecule has 0 aliphatic carbocycles. The number of ketones is 1. The van der Waals surface area contributed by atoms with Crippen molar-refractivity contribution in [2.24, 2.45) is 0 Å².